The first-order chi connectivity index (χ1) is 7.33. The van der Waals surface area contributed by atoms with Crippen LogP contribution in [-0.2, 0) is 9.53 Å². The Morgan fingerprint density at radius 3 is 3.07 bits per heavy atom. The van der Waals surface area contributed by atoms with E-state index in [4.69, 9.17) is 4.74 Å². The summed E-state index contributed by atoms with van der Waals surface area (Å²) in [5.41, 5.74) is 0. The summed E-state index contributed by atoms with van der Waals surface area (Å²) in [4.78, 5) is 14.2. The number of ether oxygens (including phenoxy) is 1. The average molecular weight is 212 g/mol. The highest BCUT2D eigenvalue weighted by Gasteiger charge is 2.33. The minimum atomic E-state index is 0.211. The molecule has 0 spiro atoms. The second-order valence-electron chi connectivity index (χ2n) is 4.47. The zero-order valence-electron chi connectivity index (χ0n) is 9.37. The van der Waals surface area contributed by atoms with Crippen LogP contribution < -0.4 is 5.32 Å². The molecule has 1 N–H and O–H groups in total. The molecule has 0 aromatic carbocycles. The van der Waals surface area contributed by atoms with Crippen LogP contribution in [0.25, 0.3) is 0 Å². The van der Waals surface area contributed by atoms with Gasteiger partial charge in [-0.2, -0.15) is 0 Å². The lowest BCUT2D eigenvalue weighted by atomic mass is 10.1. The fourth-order valence-electron chi connectivity index (χ4n) is 2.59. The lowest BCUT2D eigenvalue weighted by molar-refractivity contribution is -0.136. The van der Waals surface area contributed by atoms with E-state index in [1.807, 2.05) is 4.90 Å². The Kier molecular flexibility index (Phi) is 3.59. The highest BCUT2D eigenvalue weighted by atomic mass is 16.5. The predicted octanol–water partition coefficient (Wildman–Crippen LogP) is 0.233. The fourth-order valence-corrected chi connectivity index (χ4v) is 2.59. The molecule has 86 valence electrons. The summed E-state index contributed by atoms with van der Waals surface area (Å²) in [7, 11) is 1.71. The first-order valence-corrected chi connectivity index (χ1v) is 5.83. The molecule has 2 unspecified atom stereocenters. The Bertz CT molecular complexity index is 227. The zero-order chi connectivity index (χ0) is 10.7. The van der Waals surface area contributed by atoms with E-state index >= 15 is 0 Å². The summed E-state index contributed by atoms with van der Waals surface area (Å²) in [5.74, 6) is 0.544. The largest absolute Gasteiger partial charge is 0.383 e. The van der Waals surface area contributed by atoms with Crippen LogP contribution >= 0.6 is 0 Å². The third-order valence-electron chi connectivity index (χ3n) is 3.43. The molecule has 2 saturated heterocycles. The molecule has 0 aromatic rings. The molecule has 0 saturated carbocycles. The normalized spacial score (nSPS) is 31.1. The van der Waals surface area contributed by atoms with E-state index in [2.05, 4.69) is 5.32 Å². The van der Waals surface area contributed by atoms with E-state index in [-0.39, 0.29) is 5.92 Å². The summed E-state index contributed by atoms with van der Waals surface area (Å²) >= 11 is 0. The van der Waals surface area contributed by atoms with Crippen LogP contribution in [0.1, 0.15) is 19.3 Å². The maximum absolute atomic E-state index is 12.2. The third kappa shape index (κ3) is 2.32. The van der Waals surface area contributed by atoms with Gasteiger partial charge in [0.15, 0.2) is 0 Å². The van der Waals surface area contributed by atoms with Crippen molar-refractivity contribution in [2.75, 3.05) is 33.4 Å². The van der Waals surface area contributed by atoms with Crippen molar-refractivity contribution in [1.82, 2.24) is 10.2 Å². The van der Waals surface area contributed by atoms with Crippen LogP contribution in [-0.4, -0.2) is 50.2 Å². The van der Waals surface area contributed by atoms with Crippen molar-refractivity contribution in [3.63, 3.8) is 0 Å². The summed E-state index contributed by atoms with van der Waals surface area (Å²) < 4.78 is 5.16. The average Bonchev–Trinajstić information content (AvgIpc) is 2.87. The summed E-state index contributed by atoms with van der Waals surface area (Å²) in [6.45, 7) is 3.45. The summed E-state index contributed by atoms with van der Waals surface area (Å²) in [6.07, 6.45) is 3.22. The van der Waals surface area contributed by atoms with E-state index < -0.39 is 0 Å². The molecule has 15 heavy (non-hydrogen) atoms. The molecule has 0 aromatic heterocycles. The number of hydrogen-bond donors (Lipinski definition) is 1. The van der Waals surface area contributed by atoms with Crippen molar-refractivity contribution in [3.8, 4) is 0 Å². The standard InChI is InChI=1S/C11H20N2O2/c1-15-8-10-3-2-6-13(10)11(14)9-4-5-12-7-9/h9-10,12H,2-8H2,1H3. The van der Waals surface area contributed by atoms with Crippen LogP contribution in [0.4, 0.5) is 0 Å². The Morgan fingerprint density at radius 2 is 2.40 bits per heavy atom. The Balaban J connectivity index is 1.92. The van der Waals surface area contributed by atoms with Gasteiger partial charge in [0.25, 0.3) is 0 Å². The van der Waals surface area contributed by atoms with Gasteiger partial charge in [-0.3, -0.25) is 4.79 Å². The van der Waals surface area contributed by atoms with Gasteiger partial charge in [0.05, 0.1) is 18.6 Å². The van der Waals surface area contributed by atoms with Crippen LogP contribution in [0.3, 0.4) is 0 Å². The molecule has 2 rings (SSSR count). The number of nitrogens with one attached hydrogen (secondary N) is 1. The van der Waals surface area contributed by atoms with E-state index in [9.17, 15) is 4.79 Å². The van der Waals surface area contributed by atoms with Gasteiger partial charge in [-0.15, -0.1) is 0 Å². The molecule has 4 nitrogen and oxygen atoms in total. The highest BCUT2D eigenvalue weighted by Crippen LogP contribution is 2.22. The molecule has 2 aliphatic heterocycles. The van der Waals surface area contributed by atoms with Gasteiger partial charge in [-0.05, 0) is 25.8 Å². The van der Waals surface area contributed by atoms with E-state index in [1.165, 1.54) is 0 Å². The number of amides is 1. The smallest absolute Gasteiger partial charge is 0.227 e. The van der Waals surface area contributed by atoms with Crippen LogP contribution in [0.15, 0.2) is 0 Å². The number of likely N-dealkylation sites (tertiary alicyclic amines) is 1. The monoisotopic (exact) mass is 212 g/mol. The second kappa shape index (κ2) is 4.94. The minimum absolute atomic E-state index is 0.211. The molecule has 0 radical (unpaired) electrons. The maximum atomic E-state index is 12.2. The summed E-state index contributed by atoms with van der Waals surface area (Å²) in [5, 5.41) is 3.24. The lowest BCUT2D eigenvalue weighted by Gasteiger charge is -2.26. The topological polar surface area (TPSA) is 41.6 Å². The first kappa shape index (κ1) is 10.9. The van der Waals surface area contributed by atoms with Crippen molar-refractivity contribution >= 4 is 5.91 Å². The molecule has 0 bridgehead atoms. The third-order valence-corrected chi connectivity index (χ3v) is 3.43. The molecule has 2 fully saturated rings. The Labute approximate surface area is 91.0 Å². The lowest BCUT2D eigenvalue weighted by Crippen LogP contribution is -2.42. The van der Waals surface area contributed by atoms with Crippen LogP contribution in [0.5, 0.6) is 0 Å². The molecule has 2 heterocycles. The summed E-state index contributed by atoms with van der Waals surface area (Å²) in [6, 6.07) is 0.322. The van der Waals surface area contributed by atoms with Gasteiger partial charge in [0.1, 0.15) is 0 Å². The van der Waals surface area contributed by atoms with Gasteiger partial charge in [0, 0.05) is 20.2 Å². The van der Waals surface area contributed by atoms with E-state index in [1.54, 1.807) is 7.11 Å². The molecule has 2 aliphatic rings. The van der Waals surface area contributed by atoms with Crippen molar-refractivity contribution in [3.05, 3.63) is 0 Å². The second-order valence-corrected chi connectivity index (χ2v) is 4.47. The van der Waals surface area contributed by atoms with Crippen molar-refractivity contribution in [2.24, 2.45) is 5.92 Å². The number of nitrogens with zero attached hydrogens (tertiary/aromatic N) is 1. The Hall–Kier alpha value is -0.610. The van der Waals surface area contributed by atoms with Crippen molar-refractivity contribution < 1.29 is 9.53 Å². The Morgan fingerprint density at radius 1 is 1.53 bits per heavy atom. The molecule has 0 aliphatic carbocycles. The molecule has 2 atom stereocenters. The van der Waals surface area contributed by atoms with Crippen molar-refractivity contribution in [1.29, 1.82) is 0 Å². The quantitative estimate of drug-likeness (QED) is 0.728. The number of carbonyl (C=O) groups excluding carboxylic acids is 1. The number of rotatable bonds is 3. The van der Waals surface area contributed by atoms with Gasteiger partial charge in [-0.25, -0.2) is 0 Å². The number of hydrogen-bond acceptors (Lipinski definition) is 3. The SMILES string of the molecule is COCC1CCCN1C(=O)C1CCNC1. The molecular weight excluding hydrogens is 192 g/mol. The van der Waals surface area contributed by atoms with Crippen LogP contribution in [0, 0.1) is 5.92 Å². The van der Waals surface area contributed by atoms with Gasteiger partial charge >= 0.3 is 0 Å². The van der Waals surface area contributed by atoms with E-state index in [0.717, 1.165) is 38.9 Å². The van der Waals surface area contributed by atoms with Gasteiger partial charge in [0.2, 0.25) is 5.91 Å². The molecular formula is C11H20N2O2. The van der Waals surface area contributed by atoms with Crippen LogP contribution in [0.2, 0.25) is 0 Å². The molecule has 1 amide bonds. The van der Waals surface area contributed by atoms with E-state index in [0.29, 0.717) is 18.6 Å². The molecule has 4 heteroatoms. The van der Waals surface area contributed by atoms with Gasteiger partial charge < -0.3 is 15.0 Å². The minimum Gasteiger partial charge on any atom is -0.383 e. The highest BCUT2D eigenvalue weighted by molar-refractivity contribution is 5.80. The predicted molar refractivity (Wildman–Crippen MR) is 57.6 cm³/mol. The first-order valence-electron chi connectivity index (χ1n) is 5.83. The number of carbonyl (C=O) groups is 1. The zero-order valence-corrected chi connectivity index (χ0v) is 9.37. The van der Waals surface area contributed by atoms with Gasteiger partial charge in [-0.1, -0.05) is 0 Å². The van der Waals surface area contributed by atoms with Crippen molar-refractivity contribution in [2.45, 2.75) is 25.3 Å². The fraction of sp³-hybridized carbons (Fsp3) is 0.909. The maximum Gasteiger partial charge on any atom is 0.227 e. The number of methoxy groups -OCH3 is 1.